The highest BCUT2D eigenvalue weighted by molar-refractivity contribution is 7.67. The van der Waals surface area contributed by atoms with Crippen molar-refractivity contribution in [3.8, 4) is 0 Å². The fraction of sp³-hybridized carbons (Fsp3) is 0.429. The molecule has 5 heteroatoms. The van der Waals surface area contributed by atoms with E-state index in [0.29, 0.717) is 12.8 Å². The minimum Gasteiger partial charge on any atom is -0.458 e. The first-order valence-corrected chi connectivity index (χ1v) is 7.94. The molecule has 0 aromatic heterocycles. The second-order valence-corrected chi connectivity index (χ2v) is 7.85. The van der Waals surface area contributed by atoms with Gasteiger partial charge in [0.2, 0.25) is 0 Å². The highest BCUT2D eigenvalue weighted by Crippen LogP contribution is 2.62. The molecule has 3 aliphatic rings. The van der Waals surface area contributed by atoms with E-state index in [9.17, 15) is 9.59 Å². The number of benzene rings is 1. The molecule has 0 spiro atoms. The molecule has 1 aromatic rings. The van der Waals surface area contributed by atoms with E-state index in [1.54, 1.807) is 0 Å². The standard InChI is InChI=1S/C14H13O4P/c15-11-6-9-13(17-11)14-10(7-12(16)18-14)19(9)8-4-2-1-3-5-8/h1-5,9-10,13-14H,6-7H2/t9-,10-,13+,14+/m0/s1. The lowest BCUT2D eigenvalue weighted by molar-refractivity contribution is -0.153. The minimum absolute atomic E-state index is 0.153. The Morgan fingerprint density at radius 1 is 0.895 bits per heavy atom. The van der Waals surface area contributed by atoms with Crippen molar-refractivity contribution < 1.29 is 19.1 Å². The van der Waals surface area contributed by atoms with E-state index in [2.05, 4.69) is 12.1 Å². The molecule has 3 heterocycles. The number of hydrogen-bond donors (Lipinski definition) is 0. The quantitative estimate of drug-likeness (QED) is 0.571. The van der Waals surface area contributed by atoms with Crippen molar-refractivity contribution in [3.63, 3.8) is 0 Å². The van der Waals surface area contributed by atoms with Crippen LogP contribution in [-0.4, -0.2) is 35.5 Å². The fourth-order valence-electron chi connectivity index (χ4n) is 3.45. The number of esters is 2. The lowest BCUT2D eigenvalue weighted by Gasteiger charge is -2.21. The third-order valence-electron chi connectivity index (χ3n) is 4.14. The van der Waals surface area contributed by atoms with Crippen molar-refractivity contribution in [1.82, 2.24) is 0 Å². The van der Waals surface area contributed by atoms with Gasteiger partial charge in [-0.25, -0.2) is 0 Å². The summed E-state index contributed by atoms with van der Waals surface area (Å²) in [6.07, 6.45) is 0.511. The topological polar surface area (TPSA) is 52.6 Å². The molecule has 0 saturated carbocycles. The van der Waals surface area contributed by atoms with Crippen LogP contribution >= 0.6 is 7.92 Å². The monoisotopic (exact) mass is 276 g/mol. The number of fused-ring (bicyclic) bond motifs is 3. The third-order valence-corrected chi connectivity index (χ3v) is 7.41. The smallest absolute Gasteiger partial charge is 0.307 e. The Labute approximate surface area is 111 Å². The molecule has 3 fully saturated rings. The minimum atomic E-state index is -0.566. The molecule has 3 aliphatic heterocycles. The van der Waals surface area contributed by atoms with Crippen LogP contribution in [0.4, 0.5) is 0 Å². The van der Waals surface area contributed by atoms with Gasteiger partial charge in [0.25, 0.3) is 0 Å². The average Bonchev–Trinajstić information content (AvgIpc) is 3.00. The van der Waals surface area contributed by atoms with Crippen molar-refractivity contribution in [2.45, 2.75) is 36.4 Å². The van der Waals surface area contributed by atoms with Gasteiger partial charge in [0, 0.05) is 11.3 Å². The molecule has 0 N–H and O–H groups in total. The summed E-state index contributed by atoms with van der Waals surface area (Å²) >= 11 is 0. The maximum atomic E-state index is 11.6. The van der Waals surface area contributed by atoms with Gasteiger partial charge < -0.3 is 9.47 Å². The fourth-order valence-corrected chi connectivity index (χ4v) is 7.00. The Morgan fingerprint density at radius 3 is 1.95 bits per heavy atom. The number of carbonyl (C=O) groups excluding carboxylic acids is 2. The summed E-state index contributed by atoms with van der Waals surface area (Å²) in [5.41, 5.74) is 0.431. The first-order valence-electron chi connectivity index (χ1n) is 6.46. The first-order chi connectivity index (χ1) is 9.24. The van der Waals surface area contributed by atoms with Crippen LogP contribution in [0.1, 0.15) is 12.8 Å². The Kier molecular flexibility index (Phi) is 2.43. The van der Waals surface area contributed by atoms with E-state index in [-0.39, 0.29) is 35.5 Å². The second kappa shape index (κ2) is 4.04. The van der Waals surface area contributed by atoms with Crippen LogP contribution in [0.3, 0.4) is 0 Å². The van der Waals surface area contributed by atoms with Gasteiger partial charge >= 0.3 is 11.9 Å². The largest absolute Gasteiger partial charge is 0.458 e. The Balaban J connectivity index is 1.75. The highest BCUT2D eigenvalue weighted by atomic mass is 31.1. The zero-order valence-electron chi connectivity index (χ0n) is 10.2. The van der Waals surface area contributed by atoms with E-state index >= 15 is 0 Å². The Morgan fingerprint density at radius 2 is 1.42 bits per heavy atom. The molecule has 4 rings (SSSR count). The van der Waals surface area contributed by atoms with Crippen LogP contribution in [-0.2, 0) is 19.1 Å². The van der Waals surface area contributed by atoms with Crippen molar-refractivity contribution in [1.29, 1.82) is 0 Å². The van der Waals surface area contributed by atoms with Crippen molar-refractivity contribution >= 4 is 25.2 Å². The number of ether oxygens (including phenoxy) is 2. The second-order valence-electron chi connectivity index (χ2n) is 5.19. The van der Waals surface area contributed by atoms with Gasteiger partial charge in [0.1, 0.15) is 12.2 Å². The van der Waals surface area contributed by atoms with Gasteiger partial charge in [-0.05, 0) is 5.30 Å². The number of hydrogen-bond acceptors (Lipinski definition) is 4. The molecular formula is C14H13O4P. The van der Waals surface area contributed by atoms with Gasteiger partial charge in [-0.3, -0.25) is 9.59 Å². The summed E-state index contributed by atoms with van der Waals surface area (Å²) in [5, 5.41) is 1.25. The molecule has 98 valence electrons. The Hall–Kier alpha value is -1.41. The summed E-state index contributed by atoms with van der Waals surface area (Å²) in [5.74, 6) is -0.306. The molecule has 1 aromatic carbocycles. The predicted molar refractivity (Wildman–Crippen MR) is 69.6 cm³/mol. The van der Waals surface area contributed by atoms with Gasteiger partial charge in [0.15, 0.2) is 0 Å². The Bertz CT molecular complexity index is 514. The molecule has 0 amide bonds. The van der Waals surface area contributed by atoms with E-state index in [4.69, 9.17) is 9.47 Å². The van der Waals surface area contributed by atoms with E-state index in [0.717, 1.165) is 0 Å². The zero-order chi connectivity index (χ0) is 13.0. The van der Waals surface area contributed by atoms with Gasteiger partial charge in [0.05, 0.1) is 12.8 Å². The summed E-state index contributed by atoms with van der Waals surface area (Å²) < 4.78 is 10.8. The van der Waals surface area contributed by atoms with Crippen molar-refractivity contribution in [2.75, 3.05) is 0 Å². The maximum Gasteiger partial charge on any atom is 0.307 e. The van der Waals surface area contributed by atoms with Crippen LogP contribution in [0.25, 0.3) is 0 Å². The van der Waals surface area contributed by atoms with Crippen LogP contribution in [0.5, 0.6) is 0 Å². The SMILES string of the molecule is O=C1C[C@H]2[C@@H](O1)[C@@H]1OC(=O)C[C@@H]1P2c1ccccc1. The van der Waals surface area contributed by atoms with E-state index in [1.807, 2.05) is 18.2 Å². The molecule has 3 saturated heterocycles. The molecule has 4 nitrogen and oxygen atoms in total. The van der Waals surface area contributed by atoms with Crippen LogP contribution in [0.2, 0.25) is 0 Å². The van der Waals surface area contributed by atoms with Crippen LogP contribution in [0, 0.1) is 0 Å². The summed E-state index contributed by atoms with van der Waals surface area (Å²) in [6.45, 7) is 0. The lowest BCUT2D eigenvalue weighted by atomic mass is 10.1. The first kappa shape index (κ1) is 11.4. The molecule has 19 heavy (non-hydrogen) atoms. The van der Waals surface area contributed by atoms with E-state index in [1.165, 1.54) is 5.30 Å². The summed E-state index contributed by atoms with van der Waals surface area (Å²) in [4.78, 5) is 23.1. The van der Waals surface area contributed by atoms with Crippen molar-refractivity contribution in [3.05, 3.63) is 30.3 Å². The predicted octanol–water partition coefficient (Wildman–Crippen LogP) is 1.18. The highest BCUT2D eigenvalue weighted by Gasteiger charge is 2.61. The molecule has 0 aliphatic carbocycles. The van der Waals surface area contributed by atoms with Crippen LogP contribution in [0.15, 0.2) is 30.3 Å². The maximum absolute atomic E-state index is 11.6. The van der Waals surface area contributed by atoms with Crippen molar-refractivity contribution in [2.24, 2.45) is 0 Å². The molecule has 0 bridgehead atoms. The van der Waals surface area contributed by atoms with Gasteiger partial charge in [-0.15, -0.1) is 0 Å². The molecular weight excluding hydrogens is 263 g/mol. The molecule has 4 atom stereocenters. The molecule has 0 unspecified atom stereocenters. The molecule has 0 radical (unpaired) electrons. The normalized spacial score (nSPS) is 39.7. The average molecular weight is 276 g/mol. The van der Waals surface area contributed by atoms with Gasteiger partial charge in [-0.1, -0.05) is 38.3 Å². The number of carbonyl (C=O) groups is 2. The number of rotatable bonds is 1. The lowest BCUT2D eigenvalue weighted by Crippen LogP contribution is -2.30. The van der Waals surface area contributed by atoms with Gasteiger partial charge in [-0.2, -0.15) is 0 Å². The zero-order valence-corrected chi connectivity index (χ0v) is 11.1. The van der Waals surface area contributed by atoms with E-state index < -0.39 is 7.92 Å². The van der Waals surface area contributed by atoms with Crippen LogP contribution < -0.4 is 5.30 Å². The summed E-state index contributed by atoms with van der Waals surface area (Å²) in [6, 6.07) is 10.2. The third kappa shape index (κ3) is 1.63. The summed E-state index contributed by atoms with van der Waals surface area (Å²) in [7, 11) is -0.566.